The van der Waals surface area contributed by atoms with Crippen LogP contribution in [0.25, 0.3) is 28.1 Å². The third-order valence-electron chi connectivity index (χ3n) is 7.57. The van der Waals surface area contributed by atoms with Crippen LogP contribution in [0.1, 0.15) is 17.0 Å². The van der Waals surface area contributed by atoms with Crippen LogP contribution in [0.4, 0.5) is 15.0 Å². The Morgan fingerprint density at radius 2 is 1.98 bits per heavy atom. The van der Waals surface area contributed by atoms with Crippen LogP contribution in [0, 0.1) is 12.9 Å². The SMILES string of the molecule is COCCN1C[C@@H](NC(=O)Nc2c(C)c(-c3cnc4c(c3)nnn4C)nn2-c2ccccc2)[C@H](c2ccnc(F)c2)C1. The van der Waals surface area contributed by atoms with Crippen LogP contribution in [0.3, 0.4) is 0 Å². The molecule has 0 bridgehead atoms. The maximum absolute atomic E-state index is 14.0. The van der Waals surface area contributed by atoms with Crippen molar-refractivity contribution < 1.29 is 13.9 Å². The molecule has 1 aromatic carbocycles. The number of nitrogens with one attached hydrogen (secondary N) is 2. The van der Waals surface area contributed by atoms with E-state index in [-0.39, 0.29) is 18.0 Å². The Kier molecular flexibility index (Phi) is 7.59. The van der Waals surface area contributed by atoms with Gasteiger partial charge in [0.2, 0.25) is 5.95 Å². The molecule has 1 saturated heterocycles. The summed E-state index contributed by atoms with van der Waals surface area (Å²) in [6.07, 6.45) is 3.18. The van der Waals surface area contributed by atoms with E-state index in [1.165, 1.54) is 12.3 Å². The molecule has 6 rings (SSSR count). The second-order valence-corrected chi connectivity index (χ2v) is 10.3. The molecule has 0 unspecified atom stereocenters. The number of aryl methyl sites for hydroxylation is 1. The Balaban J connectivity index is 1.30. The molecule has 42 heavy (non-hydrogen) atoms. The van der Waals surface area contributed by atoms with Crippen molar-refractivity contribution in [1.82, 2.24) is 45.0 Å². The third kappa shape index (κ3) is 5.43. The number of para-hydroxylation sites is 1. The van der Waals surface area contributed by atoms with E-state index in [1.807, 2.05) is 43.3 Å². The Labute approximate surface area is 241 Å². The van der Waals surface area contributed by atoms with Crippen molar-refractivity contribution in [1.29, 1.82) is 0 Å². The molecule has 216 valence electrons. The van der Waals surface area contributed by atoms with Crippen molar-refractivity contribution in [3.05, 3.63) is 78.0 Å². The van der Waals surface area contributed by atoms with E-state index in [9.17, 15) is 9.18 Å². The number of amides is 2. The highest BCUT2D eigenvalue weighted by Crippen LogP contribution is 2.32. The van der Waals surface area contributed by atoms with Gasteiger partial charge in [-0.15, -0.1) is 5.10 Å². The second kappa shape index (κ2) is 11.6. The fraction of sp³-hybridized carbons (Fsp3) is 0.310. The molecule has 2 atom stereocenters. The number of benzene rings is 1. The lowest BCUT2D eigenvalue weighted by atomic mass is 9.95. The first kappa shape index (κ1) is 27.4. The van der Waals surface area contributed by atoms with Crippen LogP contribution in [-0.2, 0) is 11.8 Å². The molecule has 2 N–H and O–H groups in total. The highest BCUT2D eigenvalue weighted by atomic mass is 19.1. The predicted octanol–water partition coefficient (Wildman–Crippen LogP) is 3.29. The first-order valence-electron chi connectivity index (χ1n) is 13.6. The van der Waals surface area contributed by atoms with Gasteiger partial charge in [0.25, 0.3) is 0 Å². The summed E-state index contributed by atoms with van der Waals surface area (Å²) in [7, 11) is 3.44. The van der Waals surface area contributed by atoms with E-state index in [4.69, 9.17) is 9.84 Å². The number of urea groups is 1. The Bertz CT molecular complexity index is 1720. The van der Waals surface area contributed by atoms with Gasteiger partial charge in [0.05, 0.1) is 24.0 Å². The van der Waals surface area contributed by atoms with E-state index in [2.05, 4.69) is 35.8 Å². The molecule has 0 spiro atoms. The van der Waals surface area contributed by atoms with Crippen molar-refractivity contribution in [2.24, 2.45) is 7.05 Å². The molecule has 0 saturated carbocycles. The van der Waals surface area contributed by atoms with Crippen LogP contribution in [-0.4, -0.2) is 85.1 Å². The monoisotopic (exact) mass is 570 g/mol. The predicted molar refractivity (Wildman–Crippen MR) is 155 cm³/mol. The number of fused-ring (bicyclic) bond motifs is 1. The number of carbonyl (C=O) groups excluding carboxylic acids is 1. The van der Waals surface area contributed by atoms with Gasteiger partial charge < -0.3 is 10.1 Å². The molecule has 1 aliphatic heterocycles. The summed E-state index contributed by atoms with van der Waals surface area (Å²) >= 11 is 0. The van der Waals surface area contributed by atoms with Crippen molar-refractivity contribution >= 4 is 23.0 Å². The van der Waals surface area contributed by atoms with Crippen molar-refractivity contribution in [2.75, 3.05) is 38.7 Å². The standard InChI is InChI=1S/C29H31FN10O2/c1-18-26(20-13-23-28(32-15-20)38(2)37-35-23)36-40(21-7-5-4-6-8-21)27(18)34-29(41)33-24-17-39(11-12-42-3)16-22(24)19-9-10-31-25(30)14-19/h4-10,13-15,22,24H,11-12,16-17H2,1-3H3,(H2,33,34,41)/t22-,24+/m0/s1. The smallest absolute Gasteiger partial charge is 0.320 e. The van der Waals surface area contributed by atoms with Crippen LogP contribution in [0.2, 0.25) is 0 Å². The van der Waals surface area contributed by atoms with Gasteiger partial charge in [0.1, 0.15) is 11.3 Å². The molecule has 12 nitrogen and oxygen atoms in total. The van der Waals surface area contributed by atoms with Gasteiger partial charge in [0.15, 0.2) is 5.65 Å². The van der Waals surface area contributed by atoms with Crippen LogP contribution >= 0.6 is 0 Å². The number of ether oxygens (including phenoxy) is 1. The number of nitrogens with zero attached hydrogens (tertiary/aromatic N) is 8. The number of anilines is 1. The van der Waals surface area contributed by atoms with Crippen LogP contribution in [0.5, 0.6) is 0 Å². The maximum atomic E-state index is 14.0. The summed E-state index contributed by atoms with van der Waals surface area (Å²) in [4.78, 5) is 24.0. The van der Waals surface area contributed by atoms with E-state index in [1.54, 1.807) is 35.8 Å². The number of hydrogen-bond acceptors (Lipinski definition) is 8. The molecule has 2 amide bonds. The Morgan fingerprint density at radius 3 is 2.76 bits per heavy atom. The van der Waals surface area contributed by atoms with Crippen molar-refractivity contribution in [3.8, 4) is 16.9 Å². The molecular weight excluding hydrogens is 539 g/mol. The molecule has 4 aromatic heterocycles. The molecular formula is C29H31FN10O2. The van der Waals surface area contributed by atoms with Crippen molar-refractivity contribution in [2.45, 2.75) is 18.9 Å². The number of hydrogen-bond donors (Lipinski definition) is 2. The molecule has 5 aromatic rings. The molecule has 1 fully saturated rings. The number of methoxy groups -OCH3 is 1. The number of halogens is 1. The fourth-order valence-corrected chi connectivity index (χ4v) is 5.46. The summed E-state index contributed by atoms with van der Waals surface area (Å²) in [5, 5.41) is 19.3. The minimum absolute atomic E-state index is 0.120. The third-order valence-corrected chi connectivity index (χ3v) is 7.57. The second-order valence-electron chi connectivity index (χ2n) is 10.3. The van der Waals surface area contributed by atoms with E-state index >= 15 is 0 Å². The van der Waals surface area contributed by atoms with E-state index in [0.717, 1.165) is 22.4 Å². The van der Waals surface area contributed by atoms with Gasteiger partial charge >= 0.3 is 6.03 Å². The zero-order chi connectivity index (χ0) is 29.2. The number of likely N-dealkylation sites (tertiary alicyclic amines) is 1. The first-order chi connectivity index (χ1) is 20.4. The molecule has 5 heterocycles. The lowest BCUT2D eigenvalue weighted by Gasteiger charge is -2.21. The molecule has 13 heteroatoms. The quantitative estimate of drug-likeness (QED) is 0.272. The Morgan fingerprint density at radius 1 is 1.14 bits per heavy atom. The summed E-state index contributed by atoms with van der Waals surface area (Å²) in [6, 6.07) is 14.0. The summed E-state index contributed by atoms with van der Waals surface area (Å²) < 4.78 is 22.6. The topological polar surface area (TPSA) is 128 Å². The van der Waals surface area contributed by atoms with Gasteiger partial charge in [-0.25, -0.2) is 24.1 Å². The highest BCUT2D eigenvalue weighted by Gasteiger charge is 2.35. The molecule has 1 aliphatic rings. The number of pyridine rings is 2. The lowest BCUT2D eigenvalue weighted by Crippen LogP contribution is -2.42. The zero-order valence-electron chi connectivity index (χ0n) is 23.5. The van der Waals surface area contributed by atoms with Gasteiger partial charge in [-0.3, -0.25) is 10.2 Å². The summed E-state index contributed by atoms with van der Waals surface area (Å²) in [5.41, 5.74) is 5.05. The number of carbonyl (C=O) groups is 1. The summed E-state index contributed by atoms with van der Waals surface area (Å²) in [6.45, 7) is 4.42. The normalized spacial score (nSPS) is 17.1. The maximum Gasteiger partial charge on any atom is 0.320 e. The molecule has 0 aliphatic carbocycles. The van der Waals surface area contributed by atoms with Crippen LogP contribution < -0.4 is 10.6 Å². The lowest BCUT2D eigenvalue weighted by molar-refractivity contribution is 0.159. The van der Waals surface area contributed by atoms with Gasteiger partial charge in [0, 0.05) is 63.2 Å². The van der Waals surface area contributed by atoms with E-state index < -0.39 is 5.95 Å². The summed E-state index contributed by atoms with van der Waals surface area (Å²) in [5.74, 6) is -0.144. The van der Waals surface area contributed by atoms with E-state index in [0.29, 0.717) is 48.9 Å². The van der Waals surface area contributed by atoms with Crippen LogP contribution in [0.15, 0.2) is 60.9 Å². The van der Waals surface area contributed by atoms with Crippen molar-refractivity contribution in [3.63, 3.8) is 0 Å². The van der Waals surface area contributed by atoms with Gasteiger partial charge in [-0.2, -0.15) is 9.49 Å². The van der Waals surface area contributed by atoms with Gasteiger partial charge in [-0.1, -0.05) is 23.4 Å². The van der Waals surface area contributed by atoms with Gasteiger partial charge in [-0.05, 0) is 42.8 Å². The zero-order valence-corrected chi connectivity index (χ0v) is 23.5. The largest absolute Gasteiger partial charge is 0.383 e. The highest BCUT2D eigenvalue weighted by molar-refractivity contribution is 5.91. The minimum atomic E-state index is -0.546. The average Bonchev–Trinajstić information content (AvgIpc) is 3.67. The number of rotatable bonds is 8. The first-order valence-corrected chi connectivity index (χ1v) is 13.6. The minimum Gasteiger partial charge on any atom is -0.383 e. The number of aromatic nitrogens is 7. The fourth-order valence-electron chi connectivity index (χ4n) is 5.46. The average molecular weight is 571 g/mol. The molecule has 0 radical (unpaired) electrons. The Hall–Kier alpha value is -4.75.